The first-order valence-electron chi connectivity index (χ1n) is 20.6. The van der Waals surface area contributed by atoms with Gasteiger partial charge in [-0.1, -0.05) is 13.8 Å². The average Bonchev–Trinajstić information content (AvgIpc) is 4.02. The number of aromatic amines is 1. The average molecular weight is 962 g/mol. The topological polar surface area (TPSA) is 158 Å². The monoisotopic (exact) mass is 961 g/mol. The first-order chi connectivity index (χ1) is 31.5. The molecule has 2 amide bonds. The van der Waals surface area contributed by atoms with E-state index in [9.17, 15) is 44.7 Å². The van der Waals surface area contributed by atoms with E-state index in [0.29, 0.717) is 47.1 Å². The summed E-state index contributed by atoms with van der Waals surface area (Å²) < 4.78 is 104. The standard InChI is InChI=1S/C22H22F4N6O.C13H16ClF3N4O.C8H6FN3/c1-4-21(2)19(33)30(3)16-13-28-20(29-18(16)32(21)11-9-22(24,25)26)31-12-10-27-17(31)14-5-7-15(23)8-6-14;1-4-12(2)10(22)20(3)8-7-18-11(14)19-9(8)21(12)6-5-13(15,16)17;9-6-1-2-7(12-5-6)8-10-3-4-11-8/h5-8,10,12-13H,4,9,11H2,1-3H3;7H,4-6H2,1-3H3;1-5H,(H,10,11). The number of carbonyl (C=O) groups is 2. The van der Waals surface area contributed by atoms with E-state index in [0.717, 1.165) is 6.20 Å². The number of pyridine rings is 1. The number of aromatic nitrogens is 9. The van der Waals surface area contributed by atoms with E-state index in [1.54, 1.807) is 83.1 Å². The minimum atomic E-state index is -4.39. The van der Waals surface area contributed by atoms with Crippen LogP contribution in [-0.4, -0.2) is 107 Å². The Morgan fingerprint density at radius 1 is 0.672 bits per heavy atom. The second-order valence-corrected chi connectivity index (χ2v) is 16.0. The van der Waals surface area contributed by atoms with Crippen molar-refractivity contribution in [2.24, 2.45) is 0 Å². The van der Waals surface area contributed by atoms with Crippen LogP contribution in [0.1, 0.15) is 53.4 Å². The van der Waals surface area contributed by atoms with Gasteiger partial charge in [0.2, 0.25) is 11.2 Å². The van der Waals surface area contributed by atoms with Gasteiger partial charge in [-0.3, -0.25) is 14.2 Å². The van der Waals surface area contributed by atoms with Gasteiger partial charge in [-0.15, -0.1) is 0 Å². The highest BCUT2D eigenvalue weighted by Gasteiger charge is 2.49. The summed E-state index contributed by atoms with van der Waals surface area (Å²) in [5, 5.41) is -0.0723. The van der Waals surface area contributed by atoms with Gasteiger partial charge in [0.1, 0.15) is 45.6 Å². The zero-order valence-corrected chi connectivity index (χ0v) is 37.6. The fraction of sp³-hybridized carbons (Fsp3) is 0.372. The van der Waals surface area contributed by atoms with E-state index >= 15 is 0 Å². The molecule has 2 unspecified atom stereocenters. The zero-order valence-electron chi connectivity index (χ0n) is 36.8. The molecule has 8 rings (SSSR count). The Labute approximate surface area is 383 Å². The molecular weight excluding hydrogens is 918 g/mol. The summed E-state index contributed by atoms with van der Waals surface area (Å²) in [5.41, 5.74) is -0.385. The van der Waals surface area contributed by atoms with Crippen LogP contribution in [-0.2, 0) is 9.59 Å². The molecule has 1 aromatic carbocycles. The molecule has 2 aliphatic heterocycles. The van der Waals surface area contributed by atoms with Crippen LogP contribution < -0.4 is 19.6 Å². The van der Waals surface area contributed by atoms with Gasteiger partial charge >= 0.3 is 12.4 Å². The van der Waals surface area contributed by atoms with E-state index < -0.39 is 48.6 Å². The maximum absolute atomic E-state index is 13.3. The van der Waals surface area contributed by atoms with E-state index in [1.165, 1.54) is 56.4 Å². The summed E-state index contributed by atoms with van der Waals surface area (Å²) in [6.07, 6.45) is 0.163. The number of hydrogen-bond donors (Lipinski definition) is 1. The summed E-state index contributed by atoms with van der Waals surface area (Å²) in [7, 11) is 3.10. The SMILES string of the molecule is CCC1(C)C(=O)N(C)c2cnc(-n3ccnc3-c3ccc(F)cc3)nc2N1CCC(F)(F)F.CCC1(C)C(=O)N(C)c2cnc(Cl)nc2N1CCC(F)(F)F.Fc1ccc(-c2ncc[nH]2)nc1. The third-order valence-corrected chi connectivity index (χ3v) is 11.6. The minimum absolute atomic E-state index is 0.0723. The molecule has 356 valence electrons. The smallest absolute Gasteiger partial charge is 0.343 e. The van der Waals surface area contributed by atoms with Crippen LogP contribution in [0.4, 0.5) is 58.1 Å². The number of hydrogen-bond acceptors (Lipinski definition) is 11. The number of fused-ring (bicyclic) bond motifs is 2. The second-order valence-electron chi connectivity index (χ2n) is 15.7. The van der Waals surface area contributed by atoms with E-state index in [1.807, 2.05) is 0 Å². The predicted octanol–water partition coefficient (Wildman–Crippen LogP) is 9.02. The van der Waals surface area contributed by atoms with Crippen molar-refractivity contribution in [3.63, 3.8) is 0 Å². The van der Waals surface area contributed by atoms with Crippen LogP contribution >= 0.6 is 11.6 Å². The van der Waals surface area contributed by atoms with Crippen LogP contribution in [0.5, 0.6) is 0 Å². The van der Waals surface area contributed by atoms with Crippen molar-refractivity contribution in [3.05, 3.63) is 96.7 Å². The van der Waals surface area contributed by atoms with Crippen molar-refractivity contribution >= 4 is 46.4 Å². The lowest BCUT2D eigenvalue weighted by atomic mass is 9.91. The van der Waals surface area contributed by atoms with Crippen LogP contribution in [0.2, 0.25) is 5.28 Å². The van der Waals surface area contributed by atoms with E-state index in [-0.39, 0.29) is 47.0 Å². The molecule has 7 heterocycles. The molecule has 0 saturated carbocycles. The highest BCUT2D eigenvalue weighted by molar-refractivity contribution is 6.28. The maximum Gasteiger partial charge on any atom is 0.390 e. The second kappa shape index (κ2) is 19.6. The van der Waals surface area contributed by atoms with Crippen LogP contribution in [0.3, 0.4) is 0 Å². The summed E-state index contributed by atoms with van der Waals surface area (Å²) in [5.74, 6) is 0.375. The van der Waals surface area contributed by atoms with Gasteiger partial charge < -0.3 is 24.6 Å². The van der Waals surface area contributed by atoms with Gasteiger partial charge in [-0.25, -0.2) is 33.7 Å². The number of benzene rings is 1. The number of H-pyrrole nitrogens is 1. The fourth-order valence-corrected chi connectivity index (χ4v) is 7.52. The lowest BCUT2D eigenvalue weighted by Gasteiger charge is -2.47. The largest absolute Gasteiger partial charge is 0.390 e. The Bertz CT molecular complexity index is 2670. The van der Waals surface area contributed by atoms with Crippen molar-refractivity contribution < 1.29 is 44.7 Å². The van der Waals surface area contributed by atoms with Gasteiger partial charge in [0.25, 0.3) is 11.8 Å². The number of likely N-dealkylation sites (N-methyl/N-ethyl adjacent to an activating group) is 2. The minimum Gasteiger partial charge on any atom is -0.343 e. The number of nitrogens with one attached hydrogen (secondary N) is 1. The molecule has 0 saturated heterocycles. The Morgan fingerprint density at radius 3 is 1.70 bits per heavy atom. The molecule has 15 nitrogen and oxygen atoms in total. The third kappa shape index (κ3) is 10.8. The Hall–Kier alpha value is -6.78. The van der Waals surface area contributed by atoms with Crippen molar-refractivity contribution in [1.82, 2.24) is 44.4 Å². The highest BCUT2D eigenvalue weighted by atomic mass is 35.5. The number of carbonyl (C=O) groups excluding carboxylic acids is 2. The number of halogens is 9. The van der Waals surface area contributed by atoms with E-state index in [4.69, 9.17) is 11.6 Å². The molecule has 0 spiro atoms. The summed E-state index contributed by atoms with van der Waals surface area (Å²) in [6, 6.07) is 8.65. The fourth-order valence-electron chi connectivity index (χ4n) is 7.39. The molecule has 0 fully saturated rings. The number of rotatable bonds is 9. The molecule has 2 atom stereocenters. The molecule has 0 radical (unpaired) electrons. The third-order valence-electron chi connectivity index (χ3n) is 11.5. The van der Waals surface area contributed by atoms with Gasteiger partial charge in [0, 0.05) is 57.5 Å². The predicted molar refractivity (Wildman–Crippen MR) is 234 cm³/mol. The van der Waals surface area contributed by atoms with Crippen molar-refractivity contribution in [2.45, 2.75) is 76.8 Å². The number of nitrogens with zero attached hydrogens (tertiary/aromatic N) is 12. The molecule has 5 aromatic heterocycles. The molecular formula is C43H44ClF8N13O2. The Morgan fingerprint density at radius 2 is 1.21 bits per heavy atom. The van der Waals surface area contributed by atoms with Gasteiger partial charge in [-0.05, 0) is 74.7 Å². The zero-order chi connectivity index (χ0) is 49.1. The van der Waals surface area contributed by atoms with Crippen molar-refractivity contribution in [1.29, 1.82) is 0 Å². The highest BCUT2D eigenvalue weighted by Crippen LogP contribution is 2.42. The van der Waals surface area contributed by atoms with Crippen LogP contribution in [0.15, 0.2) is 79.8 Å². The molecule has 1 N–H and O–H groups in total. The molecule has 0 bridgehead atoms. The first kappa shape index (κ1) is 49.6. The quantitative estimate of drug-likeness (QED) is 0.109. The molecule has 24 heteroatoms. The summed E-state index contributed by atoms with van der Waals surface area (Å²) in [6.45, 7) is 5.94. The molecule has 67 heavy (non-hydrogen) atoms. The van der Waals surface area contributed by atoms with Crippen molar-refractivity contribution in [3.8, 4) is 28.9 Å². The van der Waals surface area contributed by atoms with Crippen LogP contribution in [0, 0.1) is 11.6 Å². The number of amides is 2. The Balaban J connectivity index is 0.000000186. The summed E-state index contributed by atoms with van der Waals surface area (Å²) >= 11 is 5.78. The Kier molecular flexibility index (Phi) is 14.5. The number of alkyl halides is 6. The van der Waals surface area contributed by atoms with Crippen LogP contribution in [0.25, 0.3) is 28.9 Å². The van der Waals surface area contributed by atoms with Gasteiger partial charge in [-0.2, -0.15) is 36.3 Å². The van der Waals surface area contributed by atoms with Crippen molar-refractivity contribution in [2.75, 3.05) is 46.8 Å². The van der Waals surface area contributed by atoms with Gasteiger partial charge in [0.15, 0.2) is 17.5 Å². The first-order valence-corrected chi connectivity index (χ1v) is 20.9. The number of imidazole rings is 2. The number of anilines is 4. The molecule has 0 aliphatic carbocycles. The summed E-state index contributed by atoms with van der Waals surface area (Å²) in [4.78, 5) is 62.9. The lowest BCUT2D eigenvalue weighted by molar-refractivity contribution is -0.135. The van der Waals surface area contributed by atoms with E-state index in [2.05, 4.69) is 39.9 Å². The normalized spacial score (nSPS) is 18.2. The lowest BCUT2D eigenvalue weighted by Crippen LogP contribution is -2.61. The molecule has 2 aliphatic rings. The van der Waals surface area contributed by atoms with Gasteiger partial charge in [0.05, 0.1) is 31.4 Å². The molecule has 6 aromatic rings. The maximum atomic E-state index is 13.3.